The highest BCUT2D eigenvalue weighted by Gasteiger charge is 2.28. The van der Waals surface area contributed by atoms with Gasteiger partial charge in [0.15, 0.2) is 0 Å². The van der Waals surface area contributed by atoms with Gasteiger partial charge in [0.1, 0.15) is 0 Å². The Balaban J connectivity index is 2.16. The average molecular weight is 262 g/mol. The average Bonchev–Trinajstić information content (AvgIpc) is 2.40. The molecular weight excluding hydrogens is 240 g/mol. The number of carboxylic acids is 1. The van der Waals surface area contributed by atoms with Crippen molar-refractivity contribution in [3.05, 3.63) is 23.8 Å². The van der Waals surface area contributed by atoms with Crippen molar-refractivity contribution in [1.29, 1.82) is 0 Å². The number of aromatic carboxylic acids is 1. The van der Waals surface area contributed by atoms with E-state index in [1.54, 1.807) is 12.1 Å². The number of nitrogens with two attached hydrogens (primary N) is 1. The molecule has 0 bridgehead atoms. The van der Waals surface area contributed by atoms with Crippen LogP contribution in [-0.4, -0.2) is 24.2 Å². The summed E-state index contributed by atoms with van der Waals surface area (Å²) in [6.45, 7) is 6.53. The first-order valence-corrected chi connectivity index (χ1v) is 6.83. The lowest BCUT2D eigenvalue weighted by atomic mass is 9.78. The third kappa shape index (κ3) is 2.83. The first-order valence-electron chi connectivity index (χ1n) is 6.83. The smallest absolute Gasteiger partial charge is 0.337 e. The molecular formula is C15H22N2O2. The lowest BCUT2D eigenvalue weighted by Crippen LogP contribution is -2.38. The summed E-state index contributed by atoms with van der Waals surface area (Å²) in [5, 5.41) is 9.11. The molecule has 4 heteroatoms. The molecule has 0 atom stereocenters. The first kappa shape index (κ1) is 13.7. The SMILES string of the molecule is CCC1(C)CCN(c2ccc(N)c(C(=O)O)c2)CC1. The fourth-order valence-electron chi connectivity index (χ4n) is 2.58. The van der Waals surface area contributed by atoms with Crippen molar-refractivity contribution >= 4 is 17.3 Å². The fraction of sp³-hybridized carbons (Fsp3) is 0.533. The number of piperidine rings is 1. The molecule has 0 aliphatic carbocycles. The molecule has 4 nitrogen and oxygen atoms in total. The molecule has 0 radical (unpaired) electrons. The first-order chi connectivity index (χ1) is 8.95. The number of nitrogens with zero attached hydrogens (tertiary/aromatic N) is 1. The molecule has 0 aromatic heterocycles. The third-order valence-corrected chi connectivity index (χ3v) is 4.46. The van der Waals surface area contributed by atoms with Crippen molar-refractivity contribution in [2.75, 3.05) is 23.7 Å². The van der Waals surface area contributed by atoms with Crippen LogP contribution in [0.3, 0.4) is 0 Å². The van der Waals surface area contributed by atoms with Crippen molar-refractivity contribution in [1.82, 2.24) is 0 Å². The van der Waals surface area contributed by atoms with Crippen LogP contribution in [0.5, 0.6) is 0 Å². The van der Waals surface area contributed by atoms with E-state index in [9.17, 15) is 4.79 Å². The van der Waals surface area contributed by atoms with E-state index in [4.69, 9.17) is 10.8 Å². The van der Waals surface area contributed by atoms with Crippen LogP contribution in [0, 0.1) is 5.41 Å². The lowest BCUT2D eigenvalue weighted by molar-refractivity contribution is 0.0698. The fourth-order valence-corrected chi connectivity index (χ4v) is 2.58. The molecule has 104 valence electrons. The minimum atomic E-state index is -0.963. The standard InChI is InChI=1S/C15H22N2O2/c1-3-15(2)6-8-17(9-7-15)11-4-5-13(16)12(10-11)14(18)19/h4-5,10H,3,6-9,16H2,1-2H3,(H,18,19). The van der Waals surface area contributed by atoms with E-state index >= 15 is 0 Å². The number of benzene rings is 1. The van der Waals surface area contributed by atoms with Crippen LogP contribution >= 0.6 is 0 Å². The molecule has 1 heterocycles. The minimum Gasteiger partial charge on any atom is -0.478 e. The maximum Gasteiger partial charge on any atom is 0.337 e. The summed E-state index contributed by atoms with van der Waals surface area (Å²) in [6.07, 6.45) is 3.50. The van der Waals surface area contributed by atoms with Crippen LogP contribution < -0.4 is 10.6 Å². The Bertz CT molecular complexity index is 477. The van der Waals surface area contributed by atoms with Gasteiger partial charge < -0.3 is 15.7 Å². The monoisotopic (exact) mass is 262 g/mol. The summed E-state index contributed by atoms with van der Waals surface area (Å²) >= 11 is 0. The van der Waals surface area contributed by atoms with E-state index in [1.807, 2.05) is 6.07 Å². The van der Waals surface area contributed by atoms with Crippen molar-refractivity contribution in [3.8, 4) is 0 Å². The molecule has 1 saturated heterocycles. The van der Waals surface area contributed by atoms with Crippen LogP contribution in [0.1, 0.15) is 43.5 Å². The van der Waals surface area contributed by atoms with Gasteiger partial charge in [-0.1, -0.05) is 20.3 Å². The van der Waals surface area contributed by atoms with Gasteiger partial charge in [0.25, 0.3) is 0 Å². The molecule has 0 unspecified atom stereocenters. The number of rotatable bonds is 3. The molecule has 0 saturated carbocycles. The summed E-state index contributed by atoms with van der Waals surface area (Å²) < 4.78 is 0. The van der Waals surface area contributed by atoms with Crippen molar-refractivity contribution in [2.45, 2.75) is 33.1 Å². The Kier molecular flexibility index (Phi) is 3.69. The van der Waals surface area contributed by atoms with Crippen molar-refractivity contribution in [2.24, 2.45) is 5.41 Å². The van der Waals surface area contributed by atoms with Crippen LogP contribution in [0.15, 0.2) is 18.2 Å². The van der Waals surface area contributed by atoms with Gasteiger partial charge in [-0.05, 0) is 36.5 Å². The zero-order valence-corrected chi connectivity index (χ0v) is 11.6. The molecule has 1 aromatic carbocycles. The van der Waals surface area contributed by atoms with Gasteiger partial charge in [-0.15, -0.1) is 0 Å². The maximum atomic E-state index is 11.1. The van der Waals surface area contributed by atoms with E-state index in [0.717, 1.165) is 31.6 Å². The molecule has 1 aliphatic heterocycles. The summed E-state index contributed by atoms with van der Waals surface area (Å²) in [6, 6.07) is 5.29. The van der Waals surface area contributed by atoms with Gasteiger partial charge >= 0.3 is 5.97 Å². The molecule has 0 spiro atoms. The van der Waals surface area contributed by atoms with Gasteiger partial charge in [-0.2, -0.15) is 0 Å². The van der Waals surface area contributed by atoms with Gasteiger partial charge in [0.05, 0.1) is 5.56 Å². The quantitative estimate of drug-likeness (QED) is 0.822. The molecule has 0 amide bonds. The van der Waals surface area contributed by atoms with Gasteiger partial charge in [0, 0.05) is 24.5 Å². The highest BCUT2D eigenvalue weighted by atomic mass is 16.4. The number of hydrogen-bond donors (Lipinski definition) is 2. The summed E-state index contributed by atoms with van der Waals surface area (Å²) in [4.78, 5) is 13.4. The number of nitrogen functional groups attached to an aromatic ring is 1. The Morgan fingerprint density at radius 3 is 2.58 bits per heavy atom. The molecule has 1 fully saturated rings. The molecule has 1 aromatic rings. The Morgan fingerprint density at radius 2 is 2.05 bits per heavy atom. The van der Waals surface area contributed by atoms with Gasteiger partial charge in [-0.25, -0.2) is 4.79 Å². The topological polar surface area (TPSA) is 66.6 Å². The Hall–Kier alpha value is -1.71. The zero-order valence-electron chi connectivity index (χ0n) is 11.6. The maximum absolute atomic E-state index is 11.1. The lowest BCUT2D eigenvalue weighted by Gasteiger charge is -2.40. The second kappa shape index (κ2) is 5.11. The highest BCUT2D eigenvalue weighted by Crippen LogP contribution is 2.36. The third-order valence-electron chi connectivity index (χ3n) is 4.46. The van der Waals surface area contributed by atoms with Gasteiger partial charge in [-0.3, -0.25) is 0 Å². The van der Waals surface area contributed by atoms with E-state index in [1.165, 1.54) is 6.42 Å². The molecule has 19 heavy (non-hydrogen) atoms. The normalized spacial score (nSPS) is 18.3. The van der Waals surface area contributed by atoms with Crippen LogP contribution in [0.25, 0.3) is 0 Å². The van der Waals surface area contributed by atoms with Crippen LogP contribution in [-0.2, 0) is 0 Å². The summed E-state index contributed by atoms with van der Waals surface area (Å²) in [5.74, 6) is -0.963. The van der Waals surface area contributed by atoms with E-state index < -0.39 is 5.97 Å². The molecule has 3 N–H and O–H groups in total. The summed E-state index contributed by atoms with van der Waals surface area (Å²) in [5.41, 5.74) is 7.60. The van der Waals surface area contributed by atoms with Crippen LogP contribution in [0.4, 0.5) is 11.4 Å². The van der Waals surface area contributed by atoms with Crippen molar-refractivity contribution < 1.29 is 9.90 Å². The van der Waals surface area contributed by atoms with E-state index in [-0.39, 0.29) is 5.56 Å². The largest absolute Gasteiger partial charge is 0.478 e. The second-order valence-corrected chi connectivity index (χ2v) is 5.73. The Morgan fingerprint density at radius 1 is 1.42 bits per heavy atom. The number of hydrogen-bond acceptors (Lipinski definition) is 3. The number of carboxylic acid groups (broad SMARTS) is 1. The molecule has 2 rings (SSSR count). The number of anilines is 2. The van der Waals surface area contributed by atoms with Crippen molar-refractivity contribution in [3.63, 3.8) is 0 Å². The molecule has 1 aliphatic rings. The highest BCUT2D eigenvalue weighted by molar-refractivity contribution is 5.94. The van der Waals surface area contributed by atoms with Gasteiger partial charge in [0.2, 0.25) is 0 Å². The minimum absolute atomic E-state index is 0.196. The predicted molar refractivity (Wildman–Crippen MR) is 77.7 cm³/mol. The Labute approximate surface area is 114 Å². The second-order valence-electron chi connectivity index (χ2n) is 5.73. The summed E-state index contributed by atoms with van der Waals surface area (Å²) in [7, 11) is 0. The number of carbonyl (C=O) groups is 1. The van der Waals surface area contributed by atoms with Crippen LogP contribution in [0.2, 0.25) is 0 Å². The van der Waals surface area contributed by atoms with E-state index in [0.29, 0.717) is 11.1 Å². The zero-order chi connectivity index (χ0) is 14.0. The van der Waals surface area contributed by atoms with E-state index in [2.05, 4.69) is 18.7 Å². The predicted octanol–water partition coefficient (Wildman–Crippen LogP) is 2.98.